The summed E-state index contributed by atoms with van der Waals surface area (Å²) in [7, 11) is 0. The minimum Gasteiger partial charge on any atom is -0.379 e. The second-order valence-corrected chi connectivity index (χ2v) is 5.91. The molecule has 1 fully saturated rings. The summed E-state index contributed by atoms with van der Waals surface area (Å²) in [5.74, 6) is 0.471. The number of rotatable bonds is 8. The van der Waals surface area contributed by atoms with Gasteiger partial charge in [-0.05, 0) is 5.92 Å². The Morgan fingerprint density at radius 3 is 2.48 bits per heavy atom. The van der Waals surface area contributed by atoms with Crippen LogP contribution >= 0.6 is 0 Å². The summed E-state index contributed by atoms with van der Waals surface area (Å²) >= 11 is 0. The Morgan fingerprint density at radius 2 is 1.90 bits per heavy atom. The van der Waals surface area contributed by atoms with Gasteiger partial charge in [-0.2, -0.15) is 0 Å². The SMILES string of the molecule is CC(=O)N(CCNC(=O)CC(C)C)CCN1CCOCC1. The lowest BCUT2D eigenvalue weighted by molar-refractivity contribution is -0.130. The summed E-state index contributed by atoms with van der Waals surface area (Å²) in [6.07, 6.45) is 0.536. The third-order valence-electron chi connectivity index (χ3n) is 3.53. The van der Waals surface area contributed by atoms with E-state index >= 15 is 0 Å². The van der Waals surface area contributed by atoms with Gasteiger partial charge in [0.1, 0.15) is 0 Å². The number of hydrogen-bond acceptors (Lipinski definition) is 4. The van der Waals surface area contributed by atoms with Gasteiger partial charge in [0.25, 0.3) is 0 Å². The Balaban J connectivity index is 2.23. The molecule has 0 atom stereocenters. The molecule has 1 rings (SSSR count). The highest BCUT2D eigenvalue weighted by atomic mass is 16.5. The van der Waals surface area contributed by atoms with Crippen molar-refractivity contribution in [1.82, 2.24) is 15.1 Å². The van der Waals surface area contributed by atoms with Crippen molar-refractivity contribution in [3.05, 3.63) is 0 Å². The summed E-state index contributed by atoms with van der Waals surface area (Å²) < 4.78 is 5.31. The number of nitrogens with zero attached hydrogens (tertiary/aromatic N) is 2. The molecule has 6 heteroatoms. The monoisotopic (exact) mass is 299 g/mol. The molecule has 0 aromatic carbocycles. The molecule has 0 saturated carbocycles. The van der Waals surface area contributed by atoms with Gasteiger partial charge < -0.3 is 15.0 Å². The normalized spacial score (nSPS) is 16.0. The van der Waals surface area contributed by atoms with E-state index in [4.69, 9.17) is 4.74 Å². The Bertz CT molecular complexity index is 328. The van der Waals surface area contributed by atoms with Crippen molar-refractivity contribution < 1.29 is 14.3 Å². The van der Waals surface area contributed by atoms with Gasteiger partial charge in [-0.15, -0.1) is 0 Å². The number of morpholine rings is 1. The van der Waals surface area contributed by atoms with E-state index in [0.29, 0.717) is 32.0 Å². The first-order valence-electron chi connectivity index (χ1n) is 7.81. The Hall–Kier alpha value is -1.14. The van der Waals surface area contributed by atoms with Crippen LogP contribution in [-0.2, 0) is 14.3 Å². The Labute approximate surface area is 127 Å². The smallest absolute Gasteiger partial charge is 0.220 e. The predicted molar refractivity (Wildman–Crippen MR) is 82.0 cm³/mol. The van der Waals surface area contributed by atoms with E-state index in [9.17, 15) is 9.59 Å². The molecule has 1 N–H and O–H groups in total. The highest BCUT2D eigenvalue weighted by Gasteiger charge is 2.14. The average Bonchev–Trinajstić information content (AvgIpc) is 2.42. The van der Waals surface area contributed by atoms with Gasteiger partial charge in [0, 0.05) is 52.6 Å². The molecule has 1 aliphatic heterocycles. The molecule has 0 unspecified atom stereocenters. The Morgan fingerprint density at radius 1 is 1.24 bits per heavy atom. The summed E-state index contributed by atoms with van der Waals surface area (Å²) in [5.41, 5.74) is 0. The molecule has 1 heterocycles. The molecule has 0 aromatic heterocycles. The molecule has 2 amide bonds. The fourth-order valence-electron chi connectivity index (χ4n) is 2.29. The maximum atomic E-state index is 11.6. The van der Waals surface area contributed by atoms with E-state index < -0.39 is 0 Å². The number of nitrogens with one attached hydrogen (secondary N) is 1. The molecular formula is C15H29N3O3. The summed E-state index contributed by atoms with van der Waals surface area (Å²) in [4.78, 5) is 27.3. The average molecular weight is 299 g/mol. The van der Waals surface area contributed by atoms with Crippen LogP contribution in [0.15, 0.2) is 0 Å². The molecule has 0 radical (unpaired) electrons. The van der Waals surface area contributed by atoms with Crippen molar-refractivity contribution in [3.63, 3.8) is 0 Å². The van der Waals surface area contributed by atoms with E-state index in [1.165, 1.54) is 0 Å². The standard InChI is InChI=1S/C15H29N3O3/c1-13(2)12-15(20)16-4-5-18(14(3)19)7-6-17-8-10-21-11-9-17/h13H,4-12H2,1-3H3,(H,16,20). The lowest BCUT2D eigenvalue weighted by Crippen LogP contribution is -2.44. The van der Waals surface area contributed by atoms with Crippen LogP contribution in [-0.4, -0.2) is 74.1 Å². The second-order valence-electron chi connectivity index (χ2n) is 5.91. The molecular weight excluding hydrogens is 270 g/mol. The van der Waals surface area contributed by atoms with Crippen LogP contribution in [0.5, 0.6) is 0 Å². The van der Waals surface area contributed by atoms with Crippen LogP contribution < -0.4 is 5.32 Å². The summed E-state index contributed by atoms with van der Waals surface area (Å²) in [6, 6.07) is 0. The molecule has 1 saturated heterocycles. The zero-order chi connectivity index (χ0) is 15.7. The van der Waals surface area contributed by atoms with Gasteiger partial charge in [0.2, 0.25) is 11.8 Å². The van der Waals surface area contributed by atoms with Gasteiger partial charge in [0.15, 0.2) is 0 Å². The van der Waals surface area contributed by atoms with Crippen LogP contribution in [0, 0.1) is 5.92 Å². The quantitative estimate of drug-likeness (QED) is 0.701. The highest BCUT2D eigenvalue weighted by Crippen LogP contribution is 1.99. The molecule has 122 valence electrons. The van der Waals surface area contributed by atoms with E-state index in [0.717, 1.165) is 32.8 Å². The van der Waals surface area contributed by atoms with Crippen LogP contribution in [0.2, 0.25) is 0 Å². The summed E-state index contributed by atoms with van der Waals surface area (Å²) in [6.45, 7) is 11.7. The van der Waals surface area contributed by atoms with Gasteiger partial charge in [-0.1, -0.05) is 13.8 Å². The van der Waals surface area contributed by atoms with Gasteiger partial charge in [-0.3, -0.25) is 14.5 Å². The van der Waals surface area contributed by atoms with Crippen LogP contribution in [0.4, 0.5) is 0 Å². The van der Waals surface area contributed by atoms with Crippen LogP contribution in [0.3, 0.4) is 0 Å². The van der Waals surface area contributed by atoms with Crippen LogP contribution in [0.25, 0.3) is 0 Å². The third kappa shape index (κ3) is 8.02. The van der Waals surface area contributed by atoms with Gasteiger partial charge >= 0.3 is 0 Å². The number of ether oxygens (including phenoxy) is 1. The second kappa shape index (κ2) is 9.73. The third-order valence-corrected chi connectivity index (χ3v) is 3.53. The van der Waals surface area contributed by atoms with Gasteiger partial charge in [0.05, 0.1) is 13.2 Å². The summed E-state index contributed by atoms with van der Waals surface area (Å²) in [5, 5.41) is 2.87. The first-order chi connectivity index (χ1) is 9.99. The maximum absolute atomic E-state index is 11.6. The number of amides is 2. The maximum Gasteiger partial charge on any atom is 0.220 e. The molecule has 0 aliphatic carbocycles. The van der Waals surface area contributed by atoms with Crippen molar-refractivity contribution >= 4 is 11.8 Å². The van der Waals surface area contributed by atoms with Crippen molar-refractivity contribution in [3.8, 4) is 0 Å². The Kier molecular flexibility index (Phi) is 8.30. The fraction of sp³-hybridized carbons (Fsp3) is 0.867. The van der Waals surface area contributed by atoms with Crippen molar-refractivity contribution in [2.75, 3.05) is 52.5 Å². The number of carbonyl (C=O) groups is 2. The van der Waals surface area contributed by atoms with Gasteiger partial charge in [-0.25, -0.2) is 0 Å². The van der Waals surface area contributed by atoms with Crippen molar-refractivity contribution in [1.29, 1.82) is 0 Å². The number of carbonyl (C=O) groups excluding carboxylic acids is 2. The lowest BCUT2D eigenvalue weighted by atomic mass is 10.1. The highest BCUT2D eigenvalue weighted by molar-refractivity contribution is 5.76. The largest absolute Gasteiger partial charge is 0.379 e. The molecule has 1 aliphatic rings. The molecule has 21 heavy (non-hydrogen) atoms. The predicted octanol–water partition coefficient (Wildman–Crippen LogP) is 0.329. The molecule has 6 nitrogen and oxygen atoms in total. The van der Waals surface area contributed by atoms with E-state index in [1.807, 2.05) is 13.8 Å². The van der Waals surface area contributed by atoms with Crippen molar-refractivity contribution in [2.24, 2.45) is 5.92 Å². The molecule has 0 aromatic rings. The number of hydrogen-bond donors (Lipinski definition) is 1. The van der Waals surface area contributed by atoms with Crippen LogP contribution in [0.1, 0.15) is 27.2 Å². The first kappa shape index (κ1) is 17.9. The first-order valence-corrected chi connectivity index (χ1v) is 7.81. The molecule has 0 bridgehead atoms. The zero-order valence-corrected chi connectivity index (χ0v) is 13.6. The minimum absolute atomic E-state index is 0.0568. The minimum atomic E-state index is 0.0568. The zero-order valence-electron chi connectivity index (χ0n) is 13.6. The topological polar surface area (TPSA) is 61.9 Å². The van der Waals surface area contributed by atoms with Crippen molar-refractivity contribution in [2.45, 2.75) is 27.2 Å². The molecule has 0 spiro atoms. The fourth-order valence-corrected chi connectivity index (χ4v) is 2.29. The van der Waals surface area contributed by atoms with E-state index in [2.05, 4.69) is 10.2 Å². The van der Waals surface area contributed by atoms with E-state index in [1.54, 1.807) is 11.8 Å². The lowest BCUT2D eigenvalue weighted by Gasteiger charge is -2.29. The van der Waals surface area contributed by atoms with E-state index in [-0.39, 0.29) is 11.8 Å².